The highest BCUT2D eigenvalue weighted by Gasteiger charge is 2.05. The van der Waals surface area contributed by atoms with Crippen molar-refractivity contribution in [2.45, 2.75) is 32.1 Å². The van der Waals surface area contributed by atoms with Crippen molar-refractivity contribution in [1.29, 1.82) is 0 Å². The van der Waals surface area contributed by atoms with E-state index in [-0.39, 0.29) is 0 Å². The summed E-state index contributed by atoms with van der Waals surface area (Å²) < 4.78 is 0. The molecule has 1 aromatic heterocycles. The standard InChI is InChI=1S/C11H13ClN2/c12-11-7-6-10(13-14-11)8-9-4-2-1-3-5-9/h6-8H,1-5H2. The Labute approximate surface area is 89.0 Å². The zero-order valence-electron chi connectivity index (χ0n) is 8.04. The molecule has 1 heterocycles. The van der Waals surface area contributed by atoms with E-state index in [0.717, 1.165) is 5.69 Å². The number of hydrogen-bond acceptors (Lipinski definition) is 2. The maximum Gasteiger partial charge on any atom is 0.151 e. The Kier molecular flexibility index (Phi) is 3.14. The number of allylic oxidation sites excluding steroid dienone is 1. The van der Waals surface area contributed by atoms with Gasteiger partial charge in [-0.3, -0.25) is 0 Å². The van der Waals surface area contributed by atoms with Gasteiger partial charge in [-0.2, -0.15) is 0 Å². The fourth-order valence-corrected chi connectivity index (χ4v) is 1.86. The first-order valence-electron chi connectivity index (χ1n) is 5.03. The molecule has 0 spiro atoms. The zero-order chi connectivity index (χ0) is 9.80. The van der Waals surface area contributed by atoms with Gasteiger partial charge < -0.3 is 0 Å². The maximum atomic E-state index is 5.66. The zero-order valence-corrected chi connectivity index (χ0v) is 8.80. The molecular weight excluding hydrogens is 196 g/mol. The average Bonchev–Trinajstić information content (AvgIpc) is 2.23. The third-order valence-corrected chi connectivity index (χ3v) is 2.70. The molecule has 74 valence electrons. The van der Waals surface area contributed by atoms with E-state index in [1.165, 1.54) is 37.7 Å². The Bertz CT molecular complexity index is 322. The molecule has 0 atom stereocenters. The largest absolute Gasteiger partial charge is 0.151 e. The number of halogens is 1. The molecule has 0 saturated heterocycles. The van der Waals surface area contributed by atoms with Gasteiger partial charge in [0.15, 0.2) is 5.15 Å². The lowest BCUT2D eigenvalue weighted by Crippen LogP contribution is -1.94. The Hall–Kier alpha value is -0.890. The Morgan fingerprint density at radius 2 is 1.86 bits per heavy atom. The van der Waals surface area contributed by atoms with Crippen molar-refractivity contribution in [3.05, 3.63) is 28.6 Å². The van der Waals surface area contributed by atoms with E-state index < -0.39 is 0 Å². The topological polar surface area (TPSA) is 25.8 Å². The highest BCUT2D eigenvalue weighted by atomic mass is 35.5. The lowest BCUT2D eigenvalue weighted by atomic mass is 9.94. The molecule has 0 aliphatic heterocycles. The van der Waals surface area contributed by atoms with E-state index in [2.05, 4.69) is 16.3 Å². The second-order valence-electron chi connectivity index (χ2n) is 3.64. The molecule has 3 heteroatoms. The van der Waals surface area contributed by atoms with Gasteiger partial charge in [0, 0.05) is 0 Å². The molecular formula is C11H13ClN2. The van der Waals surface area contributed by atoms with E-state index in [0.29, 0.717) is 5.15 Å². The van der Waals surface area contributed by atoms with Gasteiger partial charge in [0.1, 0.15) is 0 Å². The first-order chi connectivity index (χ1) is 6.84. The summed E-state index contributed by atoms with van der Waals surface area (Å²) in [6, 6.07) is 3.70. The molecule has 2 rings (SSSR count). The van der Waals surface area contributed by atoms with Crippen molar-refractivity contribution in [1.82, 2.24) is 10.2 Å². The fourth-order valence-electron chi connectivity index (χ4n) is 1.76. The Balaban J connectivity index is 2.11. The van der Waals surface area contributed by atoms with Crippen molar-refractivity contribution in [2.75, 3.05) is 0 Å². The smallest absolute Gasteiger partial charge is 0.150 e. The quantitative estimate of drug-likeness (QED) is 0.706. The molecule has 0 aromatic carbocycles. The molecule has 1 saturated carbocycles. The second-order valence-corrected chi connectivity index (χ2v) is 4.03. The van der Waals surface area contributed by atoms with Gasteiger partial charge in [0.05, 0.1) is 5.69 Å². The van der Waals surface area contributed by atoms with Crippen LogP contribution in [-0.2, 0) is 0 Å². The highest BCUT2D eigenvalue weighted by Crippen LogP contribution is 2.24. The minimum Gasteiger partial charge on any atom is -0.150 e. The van der Waals surface area contributed by atoms with Crippen LogP contribution < -0.4 is 0 Å². The molecule has 0 amide bonds. The van der Waals surface area contributed by atoms with E-state index in [4.69, 9.17) is 11.6 Å². The number of nitrogens with zero attached hydrogens (tertiary/aromatic N) is 2. The normalized spacial score (nSPS) is 16.8. The predicted octanol–water partition coefficient (Wildman–Crippen LogP) is 3.48. The number of aromatic nitrogens is 2. The van der Waals surface area contributed by atoms with Gasteiger partial charge in [-0.25, -0.2) is 0 Å². The molecule has 1 aliphatic carbocycles. The average molecular weight is 209 g/mol. The minimum absolute atomic E-state index is 0.454. The van der Waals surface area contributed by atoms with Crippen LogP contribution in [0.5, 0.6) is 0 Å². The monoisotopic (exact) mass is 208 g/mol. The summed E-state index contributed by atoms with van der Waals surface area (Å²) in [5.74, 6) is 0. The SMILES string of the molecule is Clc1ccc(C=C2CCCCC2)nn1. The van der Waals surface area contributed by atoms with Crippen LogP contribution >= 0.6 is 11.6 Å². The minimum atomic E-state index is 0.454. The van der Waals surface area contributed by atoms with Gasteiger partial charge in [-0.15, -0.1) is 10.2 Å². The van der Waals surface area contributed by atoms with Crippen LogP contribution in [0.15, 0.2) is 17.7 Å². The van der Waals surface area contributed by atoms with E-state index in [9.17, 15) is 0 Å². The van der Waals surface area contributed by atoms with Crippen molar-refractivity contribution in [2.24, 2.45) is 0 Å². The van der Waals surface area contributed by atoms with Crippen molar-refractivity contribution >= 4 is 17.7 Å². The predicted molar refractivity (Wildman–Crippen MR) is 58.1 cm³/mol. The molecule has 0 radical (unpaired) electrons. The Morgan fingerprint density at radius 3 is 2.50 bits per heavy atom. The van der Waals surface area contributed by atoms with Crippen LogP contribution in [0.1, 0.15) is 37.8 Å². The highest BCUT2D eigenvalue weighted by molar-refractivity contribution is 6.29. The van der Waals surface area contributed by atoms with E-state index >= 15 is 0 Å². The van der Waals surface area contributed by atoms with Crippen molar-refractivity contribution < 1.29 is 0 Å². The summed E-state index contributed by atoms with van der Waals surface area (Å²) in [7, 11) is 0. The van der Waals surface area contributed by atoms with Crippen LogP contribution in [0.3, 0.4) is 0 Å². The number of hydrogen-bond donors (Lipinski definition) is 0. The Morgan fingerprint density at radius 1 is 1.07 bits per heavy atom. The molecule has 0 unspecified atom stereocenters. The third-order valence-electron chi connectivity index (χ3n) is 2.50. The second kappa shape index (κ2) is 4.56. The van der Waals surface area contributed by atoms with Crippen LogP contribution in [0, 0.1) is 0 Å². The molecule has 1 aliphatic rings. The first-order valence-corrected chi connectivity index (χ1v) is 5.41. The van der Waals surface area contributed by atoms with Gasteiger partial charge in [-0.1, -0.05) is 23.6 Å². The third kappa shape index (κ3) is 2.55. The van der Waals surface area contributed by atoms with Crippen LogP contribution in [-0.4, -0.2) is 10.2 Å². The van der Waals surface area contributed by atoms with Crippen molar-refractivity contribution in [3.63, 3.8) is 0 Å². The van der Waals surface area contributed by atoms with Crippen molar-refractivity contribution in [3.8, 4) is 0 Å². The maximum absolute atomic E-state index is 5.66. The van der Waals surface area contributed by atoms with Gasteiger partial charge in [-0.05, 0) is 43.9 Å². The lowest BCUT2D eigenvalue weighted by molar-refractivity contribution is 0.602. The molecule has 14 heavy (non-hydrogen) atoms. The van der Waals surface area contributed by atoms with Gasteiger partial charge in [0.25, 0.3) is 0 Å². The first kappa shape index (κ1) is 9.66. The summed E-state index contributed by atoms with van der Waals surface area (Å²) in [6.45, 7) is 0. The van der Waals surface area contributed by atoms with Crippen LogP contribution in [0.4, 0.5) is 0 Å². The van der Waals surface area contributed by atoms with Gasteiger partial charge in [0.2, 0.25) is 0 Å². The summed E-state index contributed by atoms with van der Waals surface area (Å²) in [6.07, 6.45) is 8.56. The summed E-state index contributed by atoms with van der Waals surface area (Å²) >= 11 is 5.66. The summed E-state index contributed by atoms with van der Waals surface area (Å²) in [4.78, 5) is 0. The van der Waals surface area contributed by atoms with E-state index in [1.54, 1.807) is 6.07 Å². The lowest BCUT2D eigenvalue weighted by Gasteiger charge is -2.12. The molecule has 1 fully saturated rings. The molecule has 1 aromatic rings. The van der Waals surface area contributed by atoms with Crippen LogP contribution in [0.2, 0.25) is 5.15 Å². The summed E-state index contributed by atoms with van der Waals surface area (Å²) in [5, 5.41) is 8.28. The fraction of sp³-hybridized carbons (Fsp3) is 0.455. The van der Waals surface area contributed by atoms with E-state index in [1.807, 2.05) is 6.07 Å². The molecule has 0 bridgehead atoms. The van der Waals surface area contributed by atoms with Crippen LogP contribution in [0.25, 0.3) is 6.08 Å². The molecule has 0 N–H and O–H groups in total. The molecule has 2 nitrogen and oxygen atoms in total. The number of rotatable bonds is 1. The van der Waals surface area contributed by atoms with Gasteiger partial charge >= 0.3 is 0 Å². The summed E-state index contributed by atoms with van der Waals surface area (Å²) in [5.41, 5.74) is 2.42.